The van der Waals surface area contributed by atoms with Crippen molar-refractivity contribution in [2.75, 3.05) is 6.54 Å². The SMILES string of the molecule is CC(C)CNC1CCC(Cl)CC1. The van der Waals surface area contributed by atoms with Gasteiger partial charge in [0.15, 0.2) is 0 Å². The van der Waals surface area contributed by atoms with Crippen molar-refractivity contribution in [1.82, 2.24) is 5.32 Å². The fourth-order valence-electron chi connectivity index (χ4n) is 1.66. The Kier molecular flexibility index (Phi) is 4.38. The first-order chi connectivity index (χ1) is 5.68. The van der Waals surface area contributed by atoms with E-state index >= 15 is 0 Å². The average Bonchev–Trinajstić information content (AvgIpc) is 2.03. The van der Waals surface area contributed by atoms with Gasteiger partial charge in [-0.1, -0.05) is 13.8 Å². The summed E-state index contributed by atoms with van der Waals surface area (Å²) in [7, 11) is 0. The lowest BCUT2D eigenvalue weighted by molar-refractivity contribution is 0.361. The Balaban J connectivity index is 2.09. The van der Waals surface area contributed by atoms with Gasteiger partial charge in [0, 0.05) is 11.4 Å². The fourth-order valence-corrected chi connectivity index (χ4v) is 1.91. The molecule has 1 aliphatic rings. The Hall–Kier alpha value is 0.250. The van der Waals surface area contributed by atoms with E-state index in [1.165, 1.54) is 25.7 Å². The molecule has 1 rings (SSSR count). The van der Waals surface area contributed by atoms with E-state index in [1.807, 2.05) is 0 Å². The molecule has 0 radical (unpaired) electrons. The summed E-state index contributed by atoms with van der Waals surface area (Å²) in [4.78, 5) is 0. The van der Waals surface area contributed by atoms with Gasteiger partial charge in [-0.3, -0.25) is 0 Å². The van der Waals surface area contributed by atoms with E-state index in [1.54, 1.807) is 0 Å². The summed E-state index contributed by atoms with van der Waals surface area (Å²) in [6.07, 6.45) is 4.91. The third-order valence-electron chi connectivity index (χ3n) is 2.47. The third-order valence-corrected chi connectivity index (χ3v) is 2.91. The topological polar surface area (TPSA) is 12.0 Å². The molecule has 0 atom stereocenters. The number of hydrogen-bond acceptors (Lipinski definition) is 1. The lowest BCUT2D eigenvalue weighted by atomic mass is 9.95. The van der Waals surface area contributed by atoms with Crippen LogP contribution in [0, 0.1) is 5.92 Å². The minimum atomic E-state index is 0.446. The third kappa shape index (κ3) is 3.77. The second kappa shape index (κ2) is 5.08. The van der Waals surface area contributed by atoms with Crippen LogP contribution in [0.4, 0.5) is 0 Å². The molecule has 0 unspecified atom stereocenters. The van der Waals surface area contributed by atoms with Gasteiger partial charge in [-0.15, -0.1) is 11.6 Å². The van der Waals surface area contributed by atoms with Crippen LogP contribution < -0.4 is 5.32 Å². The number of halogens is 1. The van der Waals surface area contributed by atoms with Gasteiger partial charge in [0.25, 0.3) is 0 Å². The molecular weight excluding hydrogens is 170 g/mol. The molecule has 0 aromatic heterocycles. The molecule has 1 fully saturated rings. The van der Waals surface area contributed by atoms with Gasteiger partial charge >= 0.3 is 0 Å². The highest BCUT2D eigenvalue weighted by molar-refractivity contribution is 6.20. The average molecular weight is 190 g/mol. The predicted octanol–water partition coefficient (Wildman–Crippen LogP) is 2.78. The minimum Gasteiger partial charge on any atom is -0.314 e. The molecule has 1 N–H and O–H groups in total. The molecule has 0 bridgehead atoms. The molecular formula is C10H20ClN. The number of rotatable bonds is 3. The number of hydrogen-bond donors (Lipinski definition) is 1. The van der Waals surface area contributed by atoms with Crippen LogP contribution in [-0.2, 0) is 0 Å². The summed E-state index contributed by atoms with van der Waals surface area (Å²) in [5.41, 5.74) is 0. The molecule has 1 aliphatic carbocycles. The first-order valence-electron chi connectivity index (χ1n) is 5.06. The van der Waals surface area contributed by atoms with Gasteiger partial charge in [0.1, 0.15) is 0 Å². The zero-order valence-corrected chi connectivity index (χ0v) is 8.90. The number of alkyl halides is 1. The highest BCUT2D eigenvalue weighted by Crippen LogP contribution is 2.22. The Morgan fingerprint density at radius 3 is 2.33 bits per heavy atom. The minimum absolute atomic E-state index is 0.446. The summed E-state index contributed by atoms with van der Waals surface area (Å²) in [6, 6.07) is 0.738. The highest BCUT2D eigenvalue weighted by atomic mass is 35.5. The van der Waals surface area contributed by atoms with E-state index < -0.39 is 0 Å². The van der Waals surface area contributed by atoms with Crippen molar-refractivity contribution in [1.29, 1.82) is 0 Å². The van der Waals surface area contributed by atoms with Gasteiger partial charge in [-0.25, -0.2) is 0 Å². The molecule has 1 nitrogen and oxygen atoms in total. The maximum absolute atomic E-state index is 6.02. The van der Waals surface area contributed by atoms with Crippen molar-refractivity contribution < 1.29 is 0 Å². The van der Waals surface area contributed by atoms with E-state index in [-0.39, 0.29) is 0 Å². The summed E-state index contributed by atoms with van der Waals surface area (Å²) < 4.78 is 0. The van der Waals surface area contributed by atoms with E-state index in [0.717, 1.165) is 18.5 Å². The molecule has 12 heavy (non-hydrogen) atoms. The van der Waals surface area contributed by atoms with E-state index in [2.05, 4.69) is 19.2 Å². The van der Waals surface area contributed by atoms with Crippen molar-refractivity contribution in [3.63, 3.8) is 0 Å². The van der Waals surface area contributed by atoms with E-state index in [9.17, 15) is 0 Å². The molecule has 1 saturated carbocycles. The van der Waals surface area contributed by atoms with E-state index in [4.69, 9.17) is 11.6 Å². The first-order valence-corrected chi connectivity index (χ1v) is 5.49. The van der Waals surface area contributed by atoms with Crippen LogP contribution >= 0.6 is 11.6 Å². The van der Waals surface area contributed by atoms with Gasteiger partial charge in [0.05, 0.1) is 0 Å². The Bertz CT molecular complexity index is 117. The summed E-state index contributed by atoms with van der Waals surface area (Å²) >= 11 is 6.02. The zero-order valence-electron chi connectivity index (χ0n) is 8.15. The molecule has 0 aromatic carbocycles. The van der Waals surface area contributed by atoms with Crippen molar-refractivity contribution in [3.05, 3.63) is 0 Å². The standard InChI is InChI=1S/C10H20ClN/c1-8(2)7-12-10-5-3-9(11)4-6-10/h8-10,12H,3-7H2,1-2H3. The van der Waals surface area contributed by atoms with Crippen molar-refractivity contribution >= 4 is 11.6 Å². The van der Waals surface area contributed by atoms with Crippen LogP contribution in [0.1, 0.15) is 39.5 Å². The van der Waals surface area contributed by atoms with Crippen LogP contribution in [-0.4, -0.2) is 18.0 Å². The van der Waals surface area contributed by atoms with Crippen LogP contribution in [0.3, 0.4) is 0 Å². The van der Waals surface area contributed by atoms with Gasteiger partial charge in [0.2, 0.25) is 0 Å². The molecule has 0 aromatic rings. The van der Waals surface area contributed by atoms with Crippen molar-refractivity contribution in [3.8, 4) is 0 Å². The highest BCUT2D eigenvalue weighted by Gasteiger charge is 2.18. The molecule has 0 aliphatic heterocycles. The number of nitrogens with one attached hydrogen (secondary N) is 1. The zero-order chi connectivity index (χ0) is 8.97. The Morgan fingerprint density at radius 2 is 1.83 bits per heavy atom. The van der Waals surface area contributed by atoms with Crippen molar-refractivity contribution in [2.45, 2.75) is 50.9 Å². The molecule has 0 saturated heterocycles. The van der Waals surface area contributed by atoms with Crippen molar-refractivity contribution in [2.24, 2.45) is 5.92 Å². The maximum atomic E-state index is 6.02. The van der Waals surface area contributed by atoms with Crippen LogP contribution in [0.5, 0.6) is 0 Å². The second-order valence-electron chi connectivity index (χ2n) is 4.25. The predicted molar refractivity (Wildman–Crippen MR) is 54.7 cm³/mol. The van der Waals surface area contributed by atoms with E-state index in [0.29, 0.717) is 5.38 Å². The monoisotopic (exact) mass is 189 g/mol. The summed E-state index contributed by atoms with van der Waals surface area (Å²) in [6.45, 7) is 5.65. The quantitative estimate of drug-likeness (QED) is 0.674. The van der Waals surface area contributed by atoms with Gasteiger partial charge < -0.3 is 5.32 Å². The largest absolute Gasteiger partial charge is 0.314 e. The van der Waals surface area contributed by atoms with Crippen LogP contribution in [0.15, 0.2) is 0 Å². The van der Waals surface area contributed by atoms with Crippen LogP contribution in [0.2, 0.25) is 0 Å². The Morgan fingerprint density at radius 1 is 1.25 bits per heavy atom. The molecule has 72 valence electrons. The fraction of sp³-hybridized carbons (Fsp3) is 1.00. The maximum Gasteiger partial charge on any atom is 0.0337 e. The molecule has 0 heterocycles. The second-order valence-corrected chi connectivity index (χ2v) is 4.87. The van der Waals surface area contributed by atoms with Crippen LogP contribution in [0.25, 0.3) is 0 Å². The van der Waals surface area contributed by atoms with Gasteiger partial charge in [-0.05, 0) is 38.1 Å². The normalized spacial score (nSPS) is 31.0. The van der Waals surface area contributed by atoms with Gasteiger partial charge in [-0.2, -0.15) is 0 Å². The lowest BCUT2D eigenvalue weighted by Crippen LogP contribution is -2.35. The summed E-state index contributed by atoms with van der Waals surface area (Å²) in [5, 5.41) is 4.03. The molecule has 0 amide bonds. The summed E-state index contributed by atoms with van der Waals surface area (Å²) in [5.74, 6) is 0.763. The lowest BCUT2D eigenvalue weighted by Gasteiger charge is -2.26. The molecule has 2 heteroatoms. The molecule has 0 spiro atoms. The first kappa shape index (κ1) is 10.3. The Labute approximate surface area is 80.9 Å². The smallest absolute Gasteiger partial charge is 0.0337 e.